The van der Waals surface area contributed by atoms with Crippen LogP contribution in [0.3, 0.4) is 0 Å². The van der Waals surface area contributed by atoms with Crippen LogP contribution < -0.4 is 10.6 Å². The van der Waals surface area contributed by atoms with E-state index in [0.29, 0.717) is 5.70 Å². The molecule has 1 aromatic rings. The fourth-order valence-corrected chi connectivity index (χ4v) is 2.65. The molecule has 0 aliphatic carbocycles. The number of ether oxygens (including phenoxy) is 1. The van der Waals surface area contributed by atoms with Crippen molar-refractivity contribution in [2.24, 2.45) is 0 Å². The van der Waals surface area contributed by atoms with Crippen LogP contribution in [0.5, 0.6) is 0 Å². The number of halogens is 1. The Kier molecular flexibility index (Phi) is 12.7. The van der Waals surface area contributed by atoms with Gasteiger partial charge < -0.3 is 25.4 Å². The quantitative estimate of drug-likeness (QED) is 0.319. The molecule has 5 nitrogen and oxygen atoms in total. The number of likely N-dealkylation sites (N-methyl/N-ethyl adjacent to an activating group) is 1. The Hall–Kier alpha value is -2.31. The second-order valence-corrected chi connectivity index (χ2v) is 6.41. The molecular weight excluding hydrogens is 369 g/mol. The number of benzene rings is 1. The van der Waals surface area contributed by atoms with Gasteiger partial charge in [-0.05, 0) is 50.6 Å². The SMILES string of the molecule is C=C/C(=C\C(=C)F)N(C)C(C)Nc1ccc(NC(CC)OC)cc1C(C)O.CC. The van der Waals surface area contributed by atoms with Crippen molar-refractivity contribution >= 4 is 11.4 Å². The van der Waals surface area contributed by atoms with E-state index in [9.17, 15) is 9.50 Å². The number of rotatable bonds is 11. The Labute approximate surface area is 176 Å². The smallest absolute Gasteiger partial charge is 0.127 e. The Morgan fingerprint density at radius 2 is 1.93 bits per heavy atom. The van der Waals surface area contributed by atoms with E-state index in [1.807, 2.05) is 57.8 Å². The maximum atomic E-state index is 13.2. The molecule has 0 radical (unpaired) electrons. The molecule has 1 aromatic carbocycles. The van der Waals surface area contributed by atoms with E-state index in [-0.39, 0.29) is 12.4 Å². The number of methoxy groups -OCH3 is 1. The van der Waals surface area contributed by atoms with Crippen molar-refractivity contribution < 1.29 is 14.2 Å². The van der Waals surface area contributed by atoms with E-state index >= 15 is 0 Å². The van der Waals surface area contributed by atoms with Crippen molar-refractivity contribution in [1.82, 2.24) is 4.90 Å². The van der Waals surface area contributed by atoms with E-state index < -0.39 is 11.9 Å². The summed E-state index contributed by atoms with van der Waals surface area (Å²) < 4.78 is 18.5. The number of nitrogens with zero attached hydrogens (tertiary/aromatic N) is 1. The van der Waals surface area contributed by atoms with Crippen molar-refractivity contribution in [2.45, 2.75) is 59.5 Å². The Morgan fingerprint density at radius 1 is 1.31 bits per heavy atom. The number of hydrogen-bond donors (Lipinski definition) is 3. The fourth-order valence-electron chi connectivity index (χ4n) is 2.65. The largest absolute Gasteiger partial charge is 0.389 e. The molecule has 3 unspecified atom stereocenters. The molecule has 0 fully saturated rings. The lowest BCUT2D eigenvalue weighted by Crippen LogP contribution is -2.34. The molecular formula is C23H38FN3O2. The van der Waals surface area contributed by atoms with E-state index in [2.05, 4.69) is 23.8 Å². The van der Waals surface area contributed by atoms with Gasteiger partial charge >= 0.3 is 0 Å². The molecule has 3 N–H and O–H groups in total. The predicted molar refractivity (Wildman–Crippen MR) is 123 cm³/mol. The van der Waals surface area contributed by atoms with Gasteiger partial charge in [0.25, 0.3) is 0 Å². The summed E-state index contributed by atoms with van der Waals surface area (Å²) in [4.78, 5) is 1.84. The van der Waals surface area contributed by atoms with Crippen molar-refractivity contribution in [1.29, 1.82) is 0 Å². The Morgan fingerprint density at radius 3 is 2.38 bits per heavy atom. The van der Waals surface area contributed by atoms with Crippen LogP contribution in [-0.4, -0.2) is 36.6 Å². The predicted octanol–water partition coefficient (Wildman–Crippen LogP) is 5.80. The zero-order valence-electron chi connectivity index (χ0n) is 18.9. The zero-order chi connectivity index (χ0) is 22.6. The van der Waals surface area contributed by atoms with Gasteiger partial charge in [0.15, 0.2) is 0 Å². The fraction of sp³-hybridized carbons (Fsp3) is 0.478. The first-order valence-electron chi connectivity index (χ1n) is 10.0. The first-order valence-corrected chi connectivity index (χ1v) is 10.0. The van der Waals surface area contributed by atoms with Gasteiger partial charge in [0.1, 0.15) is 12.1 Å². The normalized spacial score (nSPS) is 14.0. The molecule has 29 heavy (non-hydrogen) atoms. The van der Waals surface area contributed by atoms with Gasteiger partial charge in [-0.3, -0.25) is 0 Å². The zero-order valence-corrected chi connectivity index (χ0v) is 18.9. The molecule has 0 saturated heterocycles. The van der Waals surface area contributed by atoms with E-state index in [4.69, 9.17) is 4.74 Å². The van der Waals surface area contributed by atoms with Gasteiger partial charge in [-0.15, -0.1) is 0 Å². The van der Waals surface area contributed by atoms with Gasteiger partial charge in [0.05, 0.1) is 12.3 Å². The lowest BCUT2D eigenvalue weighted by molar-refractivity contribution is 0.122. The Bertz CT molecular complexity index is 670. The number of aliphatic hydroxyl groups is 1. The summed E-state index contributed by atoms with van der Waals surface area (Å²) in [5.41, 5.74) is 3.02. The number of anilines is 2. The van der Waals surface area contributed by atoms with Gasteiger partial charge in [-0.1, -0.05) is 33.9 Å². The number of nitrogens with one attached hydrogen (secondary N) is 2. The number of allylic oxidation sites excluding steroid dienone is 3. The average Bonchev–Trinajstić information content (AvgIpc) is 2.71. The number of aliphatic hydroxyl groups excluding tert-OH is 1. The molecule has 0 amide bonds. The second-order valence-electron chi connectivity index (χ2n) is 6.41. The molecule has 1 rings (SSSR count). The molecule has 0 aromatic heterocycles. The van der Waals surface area contributed by atoms with Crippen LogP contribution in [0.1, 0.15) is 52.7 Å². The first-order chi connectivity index (χ1) is 13.7. The summed E-state index contributed by atoms with van der Waals surface area (Å²) in [6, 6.07) is 5.73. The third-order valence-corrected chi connectivity index (χ3v) is 4.35. The summed E-state index contributed by atoms with van der Waals surface area (Å²) in [6.07, 6.45) is 2.79. The molecule has 0 aliphatic rings. The van der Waals surface area contributed by atoms with Crippen LogP contribution >= 0.6 is 0 Å². The van der Waals surface area contributed by atoms with Crippen LogP contribution in [-0.2, 0) is 4.74 Å². The van der Waals surface area contributed by atoms with Crippen molar-refractivity contribution in [3.63, 3.8) is 0 Å². The topological polar surface area (TPSA) is 56.8 Å². The first kappa shape index (κ1) is 26.7. The summed E-state index contributed by atoms with van der Waals surface area (Å²) in [5.74, 6) is -0.535. The minimum atomic E-state index is -0.658. The second kappa shape index (κ2) is 13.8. The van der Waals surface area contributed by atoms with Gasteiger partial charge in [-0.25, -0.2) is 4.39 Å². The highest BCUT2D eigenvalue weighted by molar-refractivity contribution is 5.61. The third-order valence-electron chi connectivity index (χ3n) is 4.35. The van der Waals surface area contributed by atoms with Crippen molar-refractivity contribution in [3.8, 4) is 0 Å². The molecule has 6 heteroatoms. The molecule has 0 saturated carbocycles. The summed E-state index contributed by atoms with van der Waals surface area (Å²) in [5, 5.41) is 16.8. The lowest BCUT2D eigenvalue weighted by Gasteiger charge is -2.30. The molecule has 0 heterocycles. The van der Waals surface area contributed by atoms with Crippen LogP contribution in [0.15, 0.2) is 55.0 Å². The van der Waals surface area contributed by atoms with Crippen LogP contribution in [0, 0.1) is 0 Å². The number of hydrogen-bond acceptors (Lipinski definition) is 5. The highest BCUT2D eigenvalue weighted by Crippen LogP contribution is 2.28. The molecule has 0 aliphatic heterocycles. The minimum absolute atomic E-state index is 0.0928. The summed E-state index contributed by atoms with van der Waals surface area (Å²) in [6.45, 7) is 16.7. The average molecular weight is 408 g/mol. The van der Waals surface area contributed by atoms with Crippen LogP contribution in [0.25, 0.3) is 0 Å². The molecule has 0 bridgehead atoms. The molecule has 3 atom stereocenters. The molecule has 0 spiro atoms. The third kappa shape index (κ3) is 8.71. The highest BCUT2D eigenvalue weighted by Gasteiger charge is 2.16. The van der Waals surface area contributed by atoms with Crippen LogP contribution in [0.4, 0.5) is 15.8 Å². The standard InChI is InChI=1S/C21H32FN3O2.C2H6/c1-8-18(12-14(3)22)25(6)16(5)23-20-11-10-17(13-19(20)15(4)26)24-21(9-2)27-7;1-2/h8,10-13,15-16,21,23-24,26H,1,3,9H2,2,4-7H3;1-2H3/b18-12+;. The summed E-state index contributed by atoms with van der Waals surface area (Å²) >= 11 is 0. The maximum Gasteiger partial charge on any atom is 0.127 e. The highest BCUT2D eigenvalue weighted by atomic mass is 19.1. The monoisotopic (exact) mass is 407 g/mol. The van der Waals surface area contributed by atoms with Gasteiger partial charge in [-0.2, -0.15) is 0 Å². The lowest BCUT2D eigenvalue weighted by atomic mass is 10.1. The Balaban J connectivity index is 0.00000379. The molecule has 164 valence electrons. The minimum Gasteiger partial charge on any atom is -0.389 e. The van der Waals surface area contributed by atoms with Crippen molar-refractivity contribution in [3.05, 3.63) is 60.6 Å². The van der Waals surface area contributed by atoms with E-state index in [1.54, 1.807) is 20.1 Å². The van der Waals surface area contributed by atoms with Crippen LogP contribution in [0.2, 0.25) is 0 Å². The van der Waals surface area contributed by atoms with Crippen molar-refractivity contribution in [2.75, 3.05) is 24.8 Å². The van der Waals surface area contributed by atoms with E-state index in [0.717, 1.165) is 23.4 Å². The maximum absolute atomic E-state index is 13.2. The van der Waals surface area contributed by atoms with Gasteiger partial charge in [0.2, 0.25) is 0 Å². The van der Waals surface area contributed by atoms with Gasteiger partial charge in [0, 0.05) is 36.8 Å². The van der Waals surface area contributed by atoms with E-state index in [1.165, 1.54) is 6.08 Å². The summed E-state index contributed by atoms with van der Waals surface area (Å²) in [7, 11) is 3.48.